The van der Waals surface area contributed by atoms with Crippen molar-refractivity contribution in [1.29, 1.82) is 0 Å². The van der Waals surface area contributed by atoms with Crippen LogP contribution in [0.1, 0.15) is 28.4 Å². The van der Waals surface area contributed by atoms with E-state index in [1.165, 1.54) is 11.8 Å². The number of aryl methyl sites for hydroxylation is 1. The summed E-state index contributed by atoms with van der Waals surface area (Å²) < 4.78 is 0. The van der Waals surface area contributed by atoms with Crippen LogP contribution in [-0.4, -0.2) is 36.7 Å². The zero-order valence-corrected chi connectivity index (χ0v) is 15.9. The zero-order chi connectivity index (χ0) is 20.0. The summed E-state index contributed by atoms with van der Waals surface area (Å²) in [7, 11) is 3.28. The van der Waals surface area contributed by atoms with E-state index in [-0.39, 0.29) is 17.5 Å². The van der Waals surface area contributed by atoms with Gasteiger partial charge in [0.2, 0.25) is 5.91 Å². The van der Waals surface area contributed by atoms with Crippen molar-refractivity contribution in [2.45, 2.75) is 13.8 Å². The third-order valence-corrected chi connectivity index (χ3v) is 3.86. The van der Waals surface area contributed by atoms with E-state index in [2.05, 4.69) is 10.6 Å². The summed E-state index contributed by atoms with van der Waals surface area (Å²) in [6.45, 7) is 3.25. The van der Waals surface area contributed by atoms with Crippen LogP contribution in [-0.2, 0) is 9.59 Å². The lowest BCUT2D eigenvalue weighted by Crippen LogP contribution is -2.30. The van der Waals surface area contributed by atoms with Crippen molar-refractivity contribution in [3.05, 3.63) is 70.9 Å². The average molecular weight is 365 g/mol. The predicted octanol–water partition coefficient (Wildman–Crippen LogP) is 2.81. The summed E-state index contributed by atoms with van der Waals surface area (Å²) in [4.78, 5) is 38.1. The van der Waals surface area contributed by atoms with Crippen molar-refractivity contribution >= 4 is 29.5 Å². The number of benzene rings is 2. The highest BCUT2D eigenvalue weighted by Gasteiger charge is 2.17. The van der Waals surface area contributed by atoms with E-state index in [0.29, 0.717) is 11.3 Å². The second-order valence-corrected chi connectivity index (χ2v) is 6.30. The van der Waals surface area contributed by atoms with Crippen molar-refractivity contribution in [2.75, 3.05) is 19.4 Å². The maximum absolute atomic E-state index is 12.8. The maximum Gasteiger partial charge on any atom is 0.272 e. The standard InChI is InChI=1S/C21H23N3O3/c1-14-9-5-6-10-16(14)13-19(22-15(2)25)20(26)23-18-12-8-7-11-17(18)21(27)24(3)4/h5-13H,1-4H3,(H,22,25)(H,23,26). The van der Waals surface area contributed by atoms with E-state index < -0.39 is 5.91 Å². The van der Waals surface area contributed by atoms with Gasteiger partial charge >= 0.3 is 0 Å². The van der Waals surface area contributed by atoms with Gasteiger partial charge in [0.25, 0.3) is 11.8 Å². The second-order valence-electron chi connectivity index (χ2n) is 6.30. The van der Waals surface area contributed by atoms with Crippen LogP contribution in [0.4, 0.5) is 5.69 Å². The summed E-state index contributed by atoms with van der Waals surface area (Å²) in [6, 6.07) is 14.3. The molecule has 6 nitrogen and oxygen atoms in total. The van der Waals surface area contributed by atoms with Gasteiger partial charge in [-0.25, -0.2) is 0 Å². The Labute approximate surface area is 158 Å². The van der Waals surface area contributed by atoms with Crippen molar-refractivity contribution < 1.29 is 14.4 Å². The molecule has 2 aromatic rings. The first-order valence-electron chi connectivity index (χ1n) is 8.46. The Morgan fingerprint density at radius 1 is 0.963 bits per heavy atom. The number of carbonyl (C=O) groups is 3. The van der Waals surface area contributed by atoms with Gasteiger partial charge < -0.3 is 15.5 Å². The van der Waals surface area contributed by atoms with Crippen LogP contribution >= 0.6 is 0 Å². The summed E-state index contributed by atoms with van der Waals surface area (Å²) in [5, 5.41) is 5.28. The fraction of sp³-hybridized carbons (Fsp3) is 0.190. The lowest BCUT2D eigenvalue weighted by molar-refractivity contribution is -0.120. The molecular formula is C21H23N3O3. The Kier molecular flexibility index (Phi) is 6.49. The molecule has 0 fully saturated rings. The number of hydrogen-bond acceptors (Lipinski definition) is 3. The SMILES string of the molecule is CC(=O)NC(=Cc1ccccc1C)C(=O)Nc1ccccc1C(=O)N(C)C. The summed E-state index contributed by atoms with van der Waals surface area (Å²) in [5.74, 6) is -1.09. The van der Waals surface area contributed by atoms with Crippen molar-refractivity contribution in [2.24, 2.45) is 0 Å². The molecule has 0 saturated carbocycles. The van der Waals surface area contributed by atoms with E-state index in [1.807, 2.05) is 31.2 Å². The largest absolute Gasteiger partial charge is 0.345 e. The minimum Gasteiger partial charge on any atom is -0.345 e. The van der Waals surface area contributed by atoms with Crippen LogP contribution in [0, 0.1) is 6.92 Å². The van der Waals surface area contributed by atoms with Gasteiger partial charge in [0, 0.05) is 21.0 Å². The van der Waals surface area contributed by atoms with Gasteiger partial charge in [0.15, 0.2) is 0 Å². The van der Waals surface area contributed by atoms with Crippen LogP contribution in [0.25, 0.3) is 6.08 Å². The quantitative estimate of drug-likeness (QED) is 0.800. The Bertz CT molecular complexity index is 901. The minimum atomic E-state index is -0.507. The van der Waals surface area contributed by atoms with Gasteiger partial charge in [-0.05, 0) is 36.3 Å². The molecular weight excluding hydrogens is 342 g/mol. The topological polar surface area (TPSA) is 78.5 Å². The molecule has 140 valence electrons. The van der Waals surface area contributed by atoms with E-state index in [0.717, 1.165) is 11.1 Å². The molecule has 0 spiro atoms. The molecule has 2 aromatic carbocycles. The van der Waals surface area contributed by atoms with E-state index in [4.69, 9.17) is 0 Å². The fourth-order valence-corrected chi connectivity index (χ4v) is 2.46. The molecule has 0 heterocycles. The molecule has 0 aliphatic carbocycles. The van der Waals surface area contributed by atoms with Crippen molar-refractivity contribution in [1.82, 2.24) is 10.2 Å². The molecule has 0 radical (unpaired) electrons. The molecule has 2 N–H and O–H groups in total. The molecule has 0 bridgehead atoms. The molecule has 6 heteroatoms. The van der Waals surface area contributed by atoms with E-state index in [9.17, 15) is 14.4 Å². The first-order chi connectivity index (χ1) is 12.8. The normalized spacial score (nSPS) is 10.9. The number of nitrogens with zero attached hydrogens (tertiary/aromatic N) is 1. The molecule has 0 atom stereocenters. The fourth-order valence-electron chi connectivity index (χ4n) is 2.46. The second kappa shape index (κ2) is 8.80. The summed E-state index contributed by atoms with van der Waals surface area (Å²) in [6.07, 6.45) is 1.61. The smallest absolute Gasteiger partial charge is 0.272 e. The first-order valence-corrected chi connectivity index (χ1v) is 8.46. The van der Waals surface area contributed by atoms with Crippen LogP contribution in [0.15, 0.2) is 54.2 Å². The number of nitrogens with one attached hydrogen (secondary N) is 2. The van der Waals surface area contributed by atoms with Crippen LogP contribution in [0.2, 0.25) is 0 Å². The third kappa shape index (κ3) is 5.28. The zero-order valence-electron chi connectivity index (χ0n) is 15.9. The van der Waals surface area contributed by atoms with Crippen molar-refractivity contribution in [3.8, 4) is 0 Å². The number of amides is 3. The van der Waals surface area contributed by atoms with E-state index >= 15 is 0 Å². The summed E-state index contributed by atoms with van der Waals surface area (Å²) >= 11 is 0. The molecule has 0 aliphatic rings. The molecule has 27 heavy (non-hydrogen) atoms. The molecule has 3 amide bonds. The Morgan fingerprint density at radius 2 is 1.59 bits per heavy atom. The molecule has 0 aromatic heterocycles. The van der Waals surface area contributed by atoms with Crippen molar-refractivity contribution in [3.63, 3.8) is 0 Å². The highest BCUT2D eigenvalue weighted by molar-refractivity contribution is 6.11. The van der Waals surface area contributed by atoms with Gasteiger partial charge in [-0.1, -0.05) is 36.4 Å². The maximum atomic E-state index is 12.8. The lowest BCUT2D eigenvalue weighted by Gasteiger charge is -2.16. The Morgan fingerprint density at radius 3 is 2.22 bits per heavy atom. The van der Waals surface area contributed by atoms with E-state index in [1.54, 1.807) is 44.4 Å². The van der Waals surface area contributed by atoms with Gasteiger partial charge in [-0.15, -0.1) is 0 Å². The molecule has 0 aliphatic heterocycles. The first kappa shape index (κ1) is 19.9. The highest BCUT2D eigenvalue weighted by atomic mass is 16.2. The van der Waals surface area contributed by atoms with Gasteiger partial charge in [-0.2, -0.15) is 0 Å². The minimum absolute atomic E-state index is 0.101. The predicted molar refractivity (Wildman–Crippen MR) is 106 cm³/mol. The molecule has 2 rings (SSSR count). The third-order valence-electron chi connectivity index (χ3n) is 3.86. The Hall–Kier alpha value is -3.41. The molecule has 0 unspecified atom stereocenters. The van der Waals surface area contributed by atoms with Gasteiger partial charge in [0.1, 0.15) is 5.70 Å². The van der Waals surface area contributed by atoms with Crippen LogP contribution < -0.4 is 10.6 Å². The number of para-hydroxylation sites is 1. The Balaban J connectivity index is 2.37. The lowest BCUT2D eigenvalue weighted by atomic mass is 10.1. The van der Waals surface area contributed by atoms with Crippen LogP contribution in [0.3, 0.4) is 0 Å². The number of anilines is 1. The van der Waals surface area contributed by atoms with Gasteiger partial charge in [-0.3, -0.25) is 14.4 Å². The summed E-state index contributed by atoms with van der Waals surface area (Å²) in [5.41, 5.74) is 2.63. The number of rotatable bonds is 5. The highest BCUT2D eigenvalue weighted by Crippen LogP contribution is 2.18. The number of carbonyl (C=O) groups excluding carboxylic acids is 3. The van der Waals surface area contributed by atoms with Gasteiger partial charge in [0.05, 0.1) is 11.3 Å². The van der Waals surface area contributed by atoms with Crippen LogP contribution in [0.5, 0.6) is 0 Å². The molecule has 0 saturated heterocycles. The average Bonchev–Trinajstić information content (AvgIpc) is 2.62. The number of hydrogen-bond donors (Lipinski definition) is 2. The monoisotopic (exact) mass is 365 g/mol.